The maximum absolute atomic E-state index is 12.8. The number of fused-ring (bicyclic) bond motifs is 1. The van der Waals surface area contributed by atoms with Crippen molar-refractivity contribution in [2.24, 2.45) is 0 Å². The van der Waals surface area contributed by atoms with Crippen LogP contribution in [0.3, 0.4) is 0 Å². The summed E-state index contributed by atoms with van der Waals surface area (Å²) in [5.74, 6) is 0. The lowest BCUT2D eigenvalue weighted by Crippen LogP contribution is -1.93. The third-order valence-electron chi connectivity index (χ3n) is 4.97. The monoisotopic (exact) mass is 361 g/mol. The minimum Gasteiger partial charge on any atom is -0.256 e. The van der Waals surface area contributed by atoms with E-state index in [1.165, 1.54) is 21.9 Å². The van der Waals surface area contributed by atoms with E-state index in [1.807, 2.05) is 12.3 Å². The van der Waals surface area contributed by atoms with Crippen molar-refractivity contribution in [1.29, 1.82) is 0 Å². The van der Waals surface area contributed by atoms with Gasteiger partial charge in [0.15, 0.2) is 0 Å². The fourth-order valence-electron chi connectivity index (χ4n) is 3.42. The van der Waals surface area contributed by atoms with Crippen LogP contribution in [0.2, 0.25) is 0 Å². The molecule has 1 aromatic heterocycles. The summed E-state index contributed by atoms with van der Waals surface area (Å²) in [4.78, 5) is 4.66. The number of allylic oxidation sites excluding steroid dienone is 1. The molecule has 0 fully saturated rings. The summed E-state index contributed by atoms with van der Waals surface area (Å²) in [7, 11) is 0. The molecule has 3 aromatic rings. The Labute approximate surface area is 162 Å². The summed E-state index contributed by atoms with van der Waals surface area (Å²) in [6, 6.07) is 17.3. The number of aryl methyl sites for hydroxylation is 1. The Morgan fingerprint density at radius 1 is 0.963 bits per heavy atom. The zero-order valence-electron chi connectivity index (χ0n) is 16.1. The number of aromatic nitrogens is 1. The molecule has 3 rings (SSSR count). The normalized spacial score (nSPS) is 12.2. The van der Waals surface area contributed by atoms with E-state index in [1.54, 1.807) is 6.92 Å². The molecule has 2 aromatic carbocycles. The van der Waals surface area contributed by atoms with Gasteiger partial charge in [-0.25, -0.2) is 4.39 Å². The van der Waals surface area contributed by atoms with E-state index in [0.717, 1.165) is 43.4 Å². The summed E-state index contributed by atoms with van der Waals surface area (Å²) in [6.45, 7) is 5.44. The molecule has 0 amide bonds. The third-order valence-corrected chi connectivity index (χ3v) is 4.97. The molecule has 0 aliphatic rings. The summed E-state index contributed by atoms with van der Waals surface area (Å²) in [5, 5.41) is 2.48. The van der Waals surface area contributed by atoms with Gasteiger partial charge in [0, 0.05) is 11.8 Å². The van der Waals surface area contributed by atoms with Crippen molar-refractivity contribution in [3.63, 3.8) is 0 Å². The molecule has 1 heterocycles. The van der Waals surface area contributed by atoms with Crippen LogP contribution in [0.25, 0.3) is 22.0 Å². The van der Waals surface area contributed by atoms with E-state index in [4.69, 9.17) is 0 Å². The summed E-state index contributed by atoms with van der Waals surface area (Å²) < 4.78 is 12.8. The molecule has 1 unspecified atom stereocenters. The van der Waals surface area contributed by atoms with Crippen LogP contribution >= 0.6 is 0 Å². The van der Waals surface area contributed by atoms with Gasteiger partial charge < -0.3 is 0 Å². The maximum Gasteiger partial charge on any atom is 0.0973 e. The van der Waals surface area contributed by atoms with Gasteiger partial charge in [0.2, 0.25) is 0 Å². The topological polar surface area (TPSA) is 12.9 Å². The van der Waals surface area contributed by atoms with Crippen LogP contribution < -0.4 is 0 Å². The van der Waals surface area contributed by atoms with Crippen molar-refractivity contribution in [1.82, 2.24) is 4.98 Å². The van der Waals surface area contributed by atoms with E-state index in [0.29, 0.717) is 6.42 Å². The highest BCUT2D eigenvalue weighted by Crippen LogP contribution is 2.24. The van der Waals surface area contributed by atoms with Crippen molar-refractivity contribution >= 4 is 10.8 Å². The van der Waals surface area contributed by atoms with Gasteiger partial charge in [-0.2, -0.15) is 0 Å². The Morgan fingerprint density at radius 3 is 2.48 bits per heavy atom. The van der Waals surface area contributed by atoms with Crippen molar-refractivity contribution in [2.45, 2.75) is 51.6 Å². The highest BCUT2D eigenvalue weighted by molar-refractivity contribution is 5.87. The second kappa shape index (κ2) is 9.45. The fourth-order valence-corrected chi connectivity index (χ4v) is 3.42. The number of rotatable bonds is 9. The molecule has 0 saturated carbocycles. The molecule has 27 heavy (non-hydrogen) atoms. The van der Waals surface area contributed by atoms with E-state index in [2.05, 4.69) is 60.1 Å². The molecule has 1 atom stereocenters. The average Bonchev–Trinajstić information content (AvgIpc) is 2.68. The second-order valence-electron chi connectivity index (χ2n) is 7.32. The number of benzene rings is 2. The first-order chi connectivity index (χ1) is 13.2. The Morgan fingerprint density at radius 2 is 1.74 bits per heavy atom. The molecule has 0 aliphatic heterocycles. The van der Waals surface area contributed by atoms with Gasteiger partial charge in [-0.15, -0.1) is 6.58 Å². The molecule has 2 heteroatoms. The second-order valence-corrected chi connectivity index (χ2v) is 7.32. The van der Waals surface area contributed by atoms with Crippen molar-refractivity contribution in [3.05, 3.63) is 78.5 Å². The lowest BCUT2D eigenvalue weighted by Gasteiger charge is -2.07. The number of halogens is 1. The Balaban J connectivity index is 1.64. The molecular formula is C25H28FN. The lowest BCUT2D eigenvalue weighted by atomic mass is 10.0. The zero-order valence-corrected chi connectivity index (χ0v) is 16.1. The maximum atomic E-state index is 12.8. The summed E-state index contributed by atoms with van der Waals surface area (Å²) in [6.07, 6.45) is 8.95. The van der Waals surface area contributed by atoms with Crippen LogP contribution in [0.5, 0.6) is 0 Å². The van der Waals surface area contributed by atoms with Crippen LogP contribution in [-0.2, 0) is 12.8 Å². The molecule has 1 nitrogen and oxygen atoms in total. The van der Waals surface area contributed by atoms with Gasteiger partial charge in [0.1, 0.15) is 0 Å². The predicted octanol–water partition coefficient (Wildman–Crippen LogP) is 7.09. The fraction of sp³-hybridized carbons (Fsp3) is 0.320. The van der Waals surface area contributed by atoms with Gasteiger partial charge in [-0.1, -0.05) is 55.3 Å². The quantitative estimate of drug-likeness (QED) is 0.293. The largest absolute Gasteiger partial charge is 0.256 e. The minimum atomic E-state index is -0.679. The molecule has 140 valence electrons. The molecule has 0 saturated heterocycles. The van der Waals surface area contributed by atoms with Crippen molar-refractivity contribution < 1.29 is 4.39 Å². The first-order valence-electron chi connectivity index (χ1n) is 9.88. The molecule has 0 N–H and O–H groups in total. The number of pyridine rings is 1. The smallest absolute Gasteiger partial charge is 0.0973 e. The molecule has 0 spiro atoms. The van der Waals surface area contributed by atoms with Crippen molar-refractivity contribution in [3.8, 4) is 11.3 Å². The van der Waals surface area contributed by atoms with Crippen LogP contribution in [0.15, 0.2) is 67.4 Å². The number of alkyl halides is 1. The zero-order chi connectivity index (χ0) is 19.1. The van der Waals surface area contributed by atoms with E-state index in [9.17, 15) is 4.39 Å². The van der Waals surface area contributed by atoms with Gasteiger partial charge in [-0.3, -0.25) is 4.98 Å². The predicted molar refractivity (Wildman–Crippen MR) is 114 cm³/mol. The molecule has 0 bridgehead atoms. The molecule has 0 radical (unpaired) electrons. The van der Waals surface area contributed by atoms with E-state index < -0.39 is 6.17 Å². The Bertz CT molecular complexity index is 880. The number of unbranched alkanes of at least 4 members (excludes halogenated alkanes) is 2. The Kier molecular flexibility index (Phi) is 6.75. The highest BCUT2D eigenvalue weighted by atomic mass is 19.1. The highest BCUT2D eigenvalue weighted by Gasteiger charge is 2.03. The van der Waals surface area contributed by atoms with Gasteiger partial charge in [0.05, 0.1) is 11.9 Å². The SMILES string of the molecule is C=CCc1ccc2cc(-c3ccc(CCCCCC(C)F)cn3)ccc2c1. The third kappa shape index (κ3) is 5.50. The van der Waals surface area contributed by atoms with Gasteiger partial charge in [0.25, 0.3) is 0 Å². The molecule has 0 aliphatic carbocycles. The van der Waals surface area contributed by atoms with Crippen LogP contribution in [0.1, 0.15) is 43.7 Å². The summed E-state index contributed by atoms with van der Waals surface area (Å²) >= 11 is 0. The minimum absolute atomic E-state index is 0.675. The van der Waals surface area contributed by atoms with Crippen LogP contribution in [0.4, 0.5) is 4.39 Å². The van der Waals surface area contributed by atoms with Gasteiger partial charge >= 0.3 is 0 Å². The lowest BCUT2D eigenvalue weighted by molar-refractivity contribution is 0.330. The summed E-state index contributed by atoms with van der Waals surface area (Å²) in [5.41, 5.74) is 4.68. The first kappa shape index (κ1) is 19.3. The van der Waals surface area contributed by atoms with E-state index >= 15 is 0 Å². The Hall–Kier alpha value is -2.48. The number of nitrogens with zero attached hydrogens (tertiary/aromatic N) is 1. The van der Waals surface area contributed by atoms with Crippen LogP contribution in [0, 0.1) is 0 Å². The van der Waals surface area contributed by atoms with E-state index in [-0.39, 0.29) is 0 Å². The first-order valence-corrected chi connectivity index (χ1v) is 9.88. The number of hydrogen-bond donors (Lipinski definition) is 0. The number of hydrogen-bond acceptors (Lipinski definition) is 1. The van der Waals surface area contributed by atoms with Crippen molar-refractivity contribution in [2.75, 3.05) is 0 Å². The molecular weight excluding hydrogens is 333 g/mol. The average molecular weight is 362 g/mol. The van der Waals surface area contributed by atoms with Gasteiger partial charge in [-0.05, 0) is 66.6 Å². The van der Waals surface area contributed by atoms with Crippen LogP contribution in [-0.4, -0.2) is 11.2 Å². The standard InChI is InChI=1S/C25H28FN/c1-3-7-20-10-12-23-17-24(14-13-22(23)16-20)25-15-11-21(18-27-25)9-6-4-5-8-19(2)26/h3,10-19H,1,4-9H2,2H3.